The second-order valence-corrected chi connectivity index (χ2v) is 6.21. The SMILES string of the molecule is COCCN1C(=O)C(Nc2cccc(OC(F)(F)F)c2)=C(c2ccc(F)cc2)C1=O. The Labute approximate surface area is 168 Å². The zero-order chi connectivity index (χ0) is 21.9. The number of nitrogens with zero attached hydrogens (tertiary/aromatic N) is 1. The largest absolute Gasteiger partial charge is 0.573 e. The third kappa shape index (κ3) is 4.77. The molecule has 6 nitrogen and oxygen atoms in total. The molecule has 0 fully saturated rings. The lowest BCUT2D eigenvalue weighted by atomic mass is 10.0. The number of methoxy groups -OCH3 is 1. The number of ether oxygens (including phenoxy) is 2. The second-order valence-electron chi connectivity index (χ2n) is 6.21. The molecular formula is C20H16F4N2O4. The highest BCUT2D eigenvalue weighted by Gasteiger charge is 2.39. The molecule has 2 amide bonds. The van der Waals surface area contributed by atoms with E-state index in [1.807, 2.05) is 0 Å². The Kier molecular flexibility index (Phi) is 6.06. The summed E-state index contributed by atoms with van der Waals surface area (Å²) in [6.07, 6.45) is -4.88. The summed E-state index contributed by atoms with van der Waals surface area (Å²) >= 11 is 0. The van der Waals surface area contributed by atoms with Crippen LogP contribution in [0.25, 0.3) is 5.57 Å². The fraction of sp³-hybridized carbons (Fsp3) is 0.200. The van der Waals surface area contributed by atoms with Gasteiger partial charge in [0, 0.05) is 18.9 Å². The predicted octanol–water partition coefficient (Wildman–Crippen LogP) is 3.56. The van der Waals surface area contributed by atoms with Crippen LogP contribution in [0.5, 0.6) is 5.75 Å². The van der Waals surface area contributed by atoms with Crippen LogP contribution in [0.2, 0.25) is 0 Å². The maximum absolute atomic E-state index is 13.3. The normalized spacial score (nSPS) is 14.5. The minimum Gasteiger partial charge on any atom is -0.406 e. The Bertz CT molecular complexity index is 987. The van der Waals surface area contributed by atoms with E-state index in [0.717, 1.165) is 29.2 Å². The molecule has 0 saturated heterocycles. The highest BCUT2D eigenvalue weighted by molar-refractivity contribution is 6.36. The summed E-state index contributed by atoms with van der Waals surface area (Å²) in [5, 5.41) is 2.70. The summed E-state index contributed by atoms with van der Waals surface area (Å²) in [6.45, 7) is 0.0671. The maximum atomic E-state index is 13.3. The molecule has 0 spiro atoms. The lowest BCUT2D eigenvalue weighted by molar-refractivity contribution is -0.274. The van der Waals surface area contributed by atoms with Crippen LogP contribution in [0, 0.1) is 5.82 Å². The van der Waals surface area contributed by atoms with E-state index in [4.69, 9.17) is 4.74 Å². The van der Waals surface area contributed by atoms with Crippen molar-refractivity contribution in [3.63, 3.8) is 0 Å². The summed E-state index contributed by atoms with van der Waals surface area (Å²) in [5.41, 5.74) is 0.200. The zero-order valence-electron chi connectivity index (χ0n) is 15.6. The molecule has 0 saturated carbocycles. The van der Waals surface area contributed by atoms with Gasteiger partial charge in [-0.1, -0.05) is 18.2 Å². The van der Waals surface area contributed by atoms with Crippen molar-refractivity contribution in [1.82, 2.24) is 4.90 Å². The number of alkyl halides is 3. The van der Waals surface area contributed by atoms with Gasteiger partial charge < -0.3 is 14.8 Å². The van der Waals surface area contributed by atoms with Crippen LogP contribution in [0.15, 0.2) is 54.2 Å². The minimum absolute atomic E-state index is 0.0265. The fourth-order valence-electron chi connectivity index (χ4n) is 2.88. The van der Waals surface area contributed by atoms with Gasteiger partial charge in [0.25, 0.3) is 11.8 Å². The number of hydrogen-bond acceptors (Lipinski definition) is 5. The molecule has 0 bridgehead atoms. The number of benzene rings is 2. The molecule has 0 aliphatic carbocycles. The molecule has 2 aromatic carbocycles. The number of halogens is 4. The van der Waals surface area contributed by atoms with Crippen molar-refractivity contribution in [3.8, 4) is 5.75 Å². The minimum atomic E-state index is -4.88. The second kappa shape index (κ2) is 8.54. The van der Waals surface area contributed by atoms with Crippen LogP contribution in [-0.4, -0.2) is 43.3 Å². The smallest absolute Gasteiger partial charge is 0.406 e. The molecule has 1 heterocycles. The molecule has 3 rings (SSSR count). The van der Waals surface area contributed by atoms with Gasteiger partial charge in [0.1, 0.15) is 17.3 Å². The van der Waals surface area contributed by atoms with Gasteiger partial charge in [-0.2, -0.15) is 0 Å². The summed E-state index contributed by atoms with van der Waals surface area (Å²) in [6, 6.07) is 9.78. The number of anilines is 1. The van der Waals surface area contributed by atoms with Crippen molar-refractivity contribution in [2.75, 3.05) is 25.6 Å². The number of rotatable bonds is 7. The van der Waals surface area contributed by atoms with E-state index in [1.165, 1.54) is 31.4 Å². The first kappa shape index (κ1) is 21.3. The van der Waals surface area contributed by atoms with Gasteiger partial charge in [0.05, 0.1) is 18.7 Å². The van der Waals surface area contributed by atoms with Gasteiger partial charge in [0.2, 0.25) is 0 Å². The van der Waals surface area contributed by atoms with Crippen molar-refractivity contribution >= 4 is 23.1 Å². The number of carbonyl (C=O) groups is 2. The lowest BCUT2D eigenvalue weighted by Crippen LogP contribution is -2.35. The van der Waals surface area contributed by atoms with Gasteiger partial charge in [0.15, 0.2) is 0 Å². The van der Waals surface area contributed by atoms with Gasteiger partial charge in [-0.25, -0.2) is 4.39 Å². The van der Waals surface area contributed by atoms with Crippen LogP contribution < -0.4 is 10.1 Å². The number of nitrogens with one attached hydrogen (secondary N) is 1. The Morgan fingerprint density at radius 3 is 2.37 bits per heavy atom. The number of amides is 2. The van der Waals surface area contributed by atoms with E-state index in [2.05, 4.69) is 10.1 Å². The Hall–Kier alpha value is -3.40. The first-order chi connectivity index (χ1) is 14.2. The monoisotopic (exact) mass is 424 g/mol. The van der Waals surface area contributed by atoms with Crippen LogP contribution in [0.3, 0.4) is 0 Å². The average Bonchev–Trinajstić information content (AvgIpc) is 2.90. The van der Waals surface area contributed by atoms with E-state index in [0.29, 0.717) is 0 Å². The van der Waals surface area contributed by atoms with Crippen molar-refractivity contribution < 1.29 is 36.6 Å². The number of hydrogen-bond donors (Lipinski definition) is 1. The molecule has 30 heavy (non-hydrogen) atoms. The van der Waals surface area contributed by atoms with Gasteiger partial charge >= 0.3 is 6.36 Å². The van der Waals surface area contributed by atoms with Crippen molar-refractivity contribution in [2.45, 2.75) is 6.36 Å². The van der Waals surface area contributed by atoms with E-state index in [1.54, 1.807) is 0 Å². The number of carbonyl (C=O) groups excluding carboxylic acids is 2. The molecule has 1 N–H and O–H groups in total. The first-order valence-corrected chi connectivity index (χ1v) is 8.68. The molecule has 0 unspecified atom stereocenters. The molecule has 1 aliphatic rings. The lowest BCUT2D eigenvalue weighted by Gasteiger charge is -2.15. The number of imide groups is 1. The summed E-state index contributed by atoms with van der Waals surface area (Å²) in [7, 11) is 1.41. The van der Waals surface area contributed by atoms with Gasteiger partial charge in [-0.3, -0.25) is 14.5 Å². The first-order valence-electron chi connectivity index (χ1n) is 8.68. The predicted molar refractivity (Wildman–Crippen MR) is 98.7 cm³/mol. The molecule has 0 aromatic heterocycles. The standard InChI is InChI=1S/C20H16F4N2O4/c1-29-10-9-26-18(27)16(12-5-7-13(21)8-6-12)17(19(26)28)25-14-3-2-4-15(11-14)30-20(22,23)24/h2-8,11,25H,9-10H2,1H3. The highest BCUT2D eigenvalue weighted by atomic mass is 19.4. The molecule has 10 heteroatoms. The summed E-state index contributed by atoms with van der Waals surface area (Å²) < 4.78 is 59.5. The van der Waals surface area contributed by atoms with Gasteiger partial charge in [-0.05, 0) is 29.8 Å². The topological polar surface area (TPSA) is 67.9 Å². The molecule has 0 radical (unpaired) electrons. The Morgan fingerprint density at radius 2 is 1.73 bits per heavy atom. The zero-order valence-corrected chi connectivity index (χ0v) is 15.6. The van der Waals surface area contributed by atoms with Crippen LogP contribution in [-0.2, 0) is 14.3 Å². The summed E-state index contributed by atoms with van der Waals surface area (Å²) in [4.78, 5) is 26.6. The Morgan fingerprint density at radius 1 is 1.03 bits per heavy atom. The molecule has 1 aliphatic heterocycles. The van der Waals surface area contributed by atoms with E-state index in [-0.39, 0.29) is 35.7 Å². The highest BCUT2D eigenvalue weighted by Crippen LogP contribution is 2.32. The van der Waals surface area contributed by atoms with Crippen molar-refractivity contribution in [2.24, 2.45) is 0 Å². The fourth-order valence-corrected chi connectivity index (χ4v) is 2.88. The van der Waals surface area contributed by atoms with E-state index in [9.17, 15) is 27.2 Å². The molecule has 0 atom stereocenters. The summed E-state index contributed by atoms with van der Waals surface area (Å²) in [5.74, 6) is -2.34. The molecule has 158 valence electrons. The van der Waals surface area contributed by atoms with Crippen LogP contribution in [0.1, 0.15) is 5.56 Å². The quantitative estimate of drug-likeness (QED) is 0.544. The van der Waals surface area contributed by atoms with Crippen LogP contribution in [0.4, 0.5) is 23.2 Å². The van der Waals surface area contributed by atoms with Crippen molar-refractivity contribution in [1.29, 1.82) is 0 Å². The third-order valence-electron chi connectivity index (χ3n) is 4.16. The maximum Gasteiger partial charge on any atom is 0.573 e. The molecule has 2 aromatic rings. The average molecular weight is 424 g/mol. The third-order valence-corrected chi connectivity index (χ3v) is 4.16. The van der Waals surface area contributed by atoms with E-state index >= 15 is 0 Å². The Balaban J connectivity index is 1.99. The van der Waals surface area contributed by atoms with E-state index < -0.39 is 29.7 Å². The van der Waals surface area contributed by atoms with Crippen LogP contribution >= 0.6 is 0 Å². The van der Waals surface area contributed by atoms with Crippen molar-refractivity contribution in [3.05, 3.63) is 65.6 Å². The molecular weight excluding hydrogens is 408 g/mol. The van der Waals surface area contributed by atoms with Gasteiger partial charge in [-0.15, -0.1) is 13.2 Å².